The highest BCUT2D eigenvalue weighted by Crippen LogP contribution is 2.21. The number of hydrogen-bond donors (Lipinski definition) is 1. The zero-order valence-electron chi connectivity index (χ0n) is 14.4. The van der Waals surface area contributed by atoms with Crippen LogP contribution in [0.1, 0.15) is 27.8 Å². The molecular formula is C20H16FN3O3. The number of rotatable bonds is 5. The number of ether oxygens (including phenoxy) is 1. The van der Waals surface area contributed by atoms with E-state index in [4.69, 9.17) is 4.74 Å². The van der Waals surface area contributed by atoms with Crippen molar-refractivity contribution in [2.24, 2.45) is 0 Å². The minimum atomic E-state index is -1.20. The Bertz CT molecular complexity index is 929. The van der Waals surface area contributed by atoms with E-state index in [9.17, 15) is 14.0 Å². The van der Waals surface area contributed by atoms with Gasteiger partial charge >= 0.3 is 5.97 Å². The number of esters is 1. The molecule has 27 heavy (non-hydrogen) atoms. The minimum Gasteiger partial charge on any atom is -0.443 e. The Hall–Kier alpha value is -3.61. The molecule has 0 unspecified atom stereocenters. The summed E-state index contributed by atoms with van der Waals surface area (Å²) in [6.07, 6.45) is 1.52. The quantitative estimate of drug-likeness (QED) is 0.700. The maximum absolute atomic E-state index is 13.0. The average molecular weight is 365 g/mol. The van der Waals surface area contributed by atoms with Crippen LogP contribution in [0.2, 0.25) is 0 Å². The van der Waals surface area contributed by atoms with Crippen molar-refractivity contribution in [1.29, 1.82) is 0 Å². The van der Waals surface area contributed by atoms with Crippen LogP contribution < -0.4 is 5.32 Å². The first-order valence-corrected chi connectivity index (χ1v) is 8.14. The van der Waals surface area contributed by atoms with E-state index in [0.29, 0.717) is 16.9 Å². The summed E-state index contributed by atoms with van der Waals surface area (Å²) in [7, 11) is 0. The Morgan fingerprint density at radius 2 is 1.70 bits per heavy atom. The lowest BCUT2D eigenvalue weighted by molar-refractivity contribution is -0.125. The summed E-state index contributed by atoms with van der Waals surface area (Å²) in [4.78, 5) is 33.1. The second-order valence-electron chi connectivity index (χ2n) is 5.74. The fourth-order valence-electron chi connectivity index (χ4n) is 2.31. The summed E-state index contributed by atoms with van der Waals surface area (Å²) < 4.78 is 18.4. The predicted octanol–water partition coefficient (Wildman–Crippen LogP) is 3.46. The SMILES string of the molecule is Cc1cnc(C(=O)O[C@@H](C(=O)Nc2ccc(F)cc2)c2ccccc2)cn1. The highest BCUT2D eigenvalue weighted by molar-refractivity contribution is 5.97. The van der Waals surface area contributed by atoms with E-state index in [1.165, 1.54) is 36.7 Å². The average Bonchev–Trinajstić information content (AvgIpc) is 2.69. The lowest BCUT2D eigenvalue weighted by atomic mass is 10.1. The number of aromatic nitrogens is 2. The second kappa shape index (κ2) is 8.18. The van der Waals surface area contributed by atoms with Gasteiger partial charge in [0.2, 0.25) is 6.10 Å². The van der Waals surface area contributed by atoms with Crippen molar-refractivity contribution in [3.05, 3.63) is 89.8 Å². The monoisotopic (exact) mass is 365 g/mol. The van der Waals surface area contributed by atoms with Crippen molar-refractivity contribution in [2.45, 2.75) is 13.0 Å². The van der Waals surface area contributed by atoms with Crippen molar-refractivity contribution in [1.82, 2.24) is 9.97 Å². The third-order valence-corrected chi connectivity index (χ3v) is 3.67. The van der Waals surface area contributed by atoms with Crippen molar-refractivity contribution in [3.8, 4) is 0 Å². The van der Waals surface area contributed by atoms with Crippen molar-refractivity contribution < 1.29 is 18.7 Å². The van der Waals surface area contributed by atoms with Crippen LogP contribution in [0.5, 0.6) is 0 Å². The molecule has 0 aliphatic carbocycles. The van der Waals surface area contributed by atoms with Gasteiger partial charge in [-0.3, -0.25) is 9.78 Å². The standard InChI is InChI=1S/C20H16FN3O3/c1-13-11-23-17(12-22-13)20(26)27-18(14-5-3-2-4-6-14)19(25)24-16-9-7-15(21)8-10-16/h2-12,18H,1H3,(H,24,25)/t18-/m1/s1. The van der Waals surface area contributed by atoms with Gasteiger partial charge in [-0.15, -0.1) is 0 Å². The third-order valence-electron chi connectivity index (χ3n) is 3.67. The van der Waals surface area contributed by atoms with Crippen molar-refractivity contribution in [3.63, 3.8) is 0 Å². The first-order valence-electron chi connectivity index (χ1n) is 8.14. The number of nitrogens with zero attached hydrogens (tertiary/aromatic N) is 2. The molecule has 0 saturated carbocycles. The molecule has 136 valence electrons. The van der Waals surface area contributed by atoms with Gasteiger partial charge in [-0.2, -0.15) is 0 Å². The molecule has 1 N–H and O–H groups in total. The summed E-state index contributed by atoms with van der Waals surface area (Å²) in [5.74, 6) is -1.76. The number of anilines is 1. The molecule has 3 rings (SSSR count). The summed E-state index contributed by atoms with van der Waals surface area (Å²) >= 11 is 0. The Morgan fingerprint density at radius 3 is 2.33 bits per heavy atom. The maximum Gasteiger partial charge on any atom is 0.359 e. The number of hydrogen-bond acceptors (Lipinski definition) is 5. The molecule has 6 nitrogen and oxygen atoms in total. The van der Waals surface area contributed by atoms with E-state index in [1.807, 2.05) is 0 Å². The van der Waals surface area contributed by atoms with E-state index in [0.717, 1.165) is 0 Å². The van der Waals surface area contributed by atoms with Gasteiger partial charge in [0.05, 0.1) is 11.9 Å². The number of carbonyl (C=O) groups is 2. The molecule has 7 heteroatoms. The van der Waals surface area contributed by atoms with Gasteiger partial charge in [-0.25, -0.2) is 14.2 Å². The number of carbonyl (C=O) groups excluding carboxylic acids is 2. The minimum absolute atomic E-state index is 0.00360. The number of halogens is 1. The maximum atomic E-state index is 13.0. The van der Waals surface area contributed by atoms with Crippen LogP contribution in [-0.4, -0.2) is 21.8 Å². The third kappa shape index (κ3) is 4.72. The summed E-state index contributed by atoms with van der Waals surface area (Å²) in [5.41, 5.74) is 1.52. The van der Waals surface area contributed by atoms with Gasteiger partial charge in [0, 0.05) is 17.4 Å². The van der Waals surface area contributed by atoms with Gasteiger partial charge in [0.1, 0.15) is 5.82 Å². The van der Waals surface area contributed by atoms with Crippen LogP contribution in [0, 0.1) is 12.7 Å². The number of nitrogens with one attached hydrogen (secondary N) is 1. The molecule has 0 fully saturated rings. The molecule has 0 radical (unpaired) electrons. The smallest absolute Gasteiger partial charge is 0.359 e. The summed E-state index contributed by atoms with van der Waals surface area (Å²) in [6.45, 7) is 1.74. The van der Waals surface area contributed by atoms with Crippen LogP contribution in [0.25, 0.3) is 0 Å². The van der Waals surface area contributed by atoms with Gasteiger partial charge in [0.15, 0.2) is 5.69 Å². The number of benzene rings is 2. The molecule has 0 saturated heterocycles. The van der Waals surface area contributed by atoms with E-state index < -0.39 is 23.8 Å². The Kier molecular flexibility index (Phi) is 5.51. The summed E-state index contributed by atoms with van der Waals surface area (Å²) in [5, 5.41) is 2.61. The lowest BCUT2D eigenvalue weighted by Gasteiger charge is -2.18. The molecule has 0 aliphatic heterocycles. The van der Waals surface area contributed by atoms with Gasteiger partial charge < -0.3 is 10.1 Å². The highest BCUT2D eigenvalue weighted by atomic mass is 19.1. The molecule has 3 aromatic rings. The van der Waals surface area contributed by atoms with E-state index >= 15 is 0 Å². The molecule has 2 aromatic carbocycles. The summed E-state index contributed by atoms with van der Waals surface area (Å²) in [6, 6.07) is 13.9. The van der Waals surface area contributed by atoms with Gasteiger partial charge in [-0.05, 0) is 31.2 Å². The van der Waals surface area contributed by atoms with Crippen LogP contribution in [0.3, 0.4) is 0 Å². The predicted molar refractivity (Wildman–Crippen MR) is 96.4 cm³/mol. The Morgan fingerprint density at radius 1 is 1.00 bits per heavy atom. The Balaban J connectivity index is 1.82. The highest BCUT2D eigenvalue weighted by Gasteiger charge is 2.26. The van der Waals surface area contributed by atoms with E-state index in [1.54, 1.807) is 37.3 Å². The number of aryl methyl sites for hydroxylation is 1. The molecule has 0 bridgehead atoms. The number of amides is 1. The van der Waals surface area contributed by atoms with Crippen LogP contribution in [0.15, 0.2) is 67.0 Å². The zero-order valence-corrected chi connectivity index (χ0v) is 14.4. The normalized spacial score (nSPS) is 11.5. The fourth-order valence-corrected chi connectivity index (χ4v) is 2.31. The first-order chi connectivity index (χ1) is 13.0. The van der Waals surface area contributed by atoms with Crippen LogP contribution in [-0.2, 0) is 9.53 Å². The van der Waals surface area contributed by atoms with E-state index in [-0.39, 0.29) is 5.69 Å². The van der Waals surface area contributed by atoms with Crippen LogP contribution in [0.4, 0.5) is 10.1 Å². The fraction of sp³-hybridized carbons (Fsp3) is 0.100. The van der Waals surface area contributed by atoms with Gasteiger partial charge in [-0.1, -0.05) is 30.3 Å². The van der Waals surface area contributed by atoms with Crippen LogP contribution >= 0.6 is 0 Å². The lowest BCUT2D eigenvalue weighted by Crippen LogP contribution is -2.26. The molecule has 1 heterocycles. The molecule has 0 aliphatic rings. The molecule has 0 spiro atoms. The molecule has 1 atom stereocenters. The van der Waals surface area contributed by atoms with Crippen molar-refractivity contribution >= 4 is 17.6 Å². The largest absolute Gasteiger partial charge is 0.443 e. The molecular weight excluding hydrogens is 349 g/mol. The van der Waals surface area contributed by atoms with Crippen molar-refractivity contribution in [2.75, 3.05) is 5.32 Å². The Labute approximate surface area is 155 Å². The second-order valence-corrected chi connectivity index (χ2v) is 5.74. The first kappa shape index (κ1) is 18.2. The zero-order chi connectivity index (χ0) is 19.2. The van der Waals surface area contributed by atoms with Gasteiger partial charge in [0.25, 0.3) is 5.91 Å². The molecule has 1 aromatic heterocycles. The molecule has 1 amide bonds. The topological polar surface area (TPSA) is 81.2 Å². The van der Waals surface area contributed by atoms with E-state index in [2.05, 4.69) is 15.3 Å².